The molecule has 2 saturated heterocycles. The molecule has 0 radical (unpaired) electrons. The minimum absolute atomic E-state index is 0.0682. The largest absolute Gasteiger partial charge is 0.302 e. The van der Waals surface area contributed by atoms with Crippen molar-refractivity contribution in [3.8, 4) is 0 Å². The number of carbonyl (C=O) groups is 2. The smallest absolute Gasteiger partial charge is 0.246 e. The highest BCUT2D eigenvalue weighted by Crippen LogP contribution is 2.17. The lowest BCUT2D eigenvalue weighted by Crippen LogP contribution is -2.44. The Morgan fingerprint density at radius 2 is 2.11 bits per heavy atom. The number of imide groups is 1. The van der Waals surface area contributed by atoms with Gasteiger partial charge in [-0.3, -0.25) is 14.5 Å². The SMILES string of the molecule is CCCN1C(=O)CC(NC2CCS(=O)(=O)C2)C1=O. The summed E-state index contributed by atoms with van der Waals surface area (Å²) in [6.07, 6.45) is 1.41. The van der Waals surface area contributed by atoms with E-state index in [1.54, 1.807) is 0 Å². The summed E-state index contributed by atoms with van der Waals surface area (Å²) < 4.78 is 22.7. The van der Waals surface area contributed by atoms with E-state index in [4.69, 9.17) is 0 Å². The molecule has 2 rings (SSSR count). The molecule has 2 unspecified atom stereocenters. The van der Waals surface area contributed by atoms with Crippen molar-refractivity contribution in [3.05, 3.63) is 0 Å². The second-order valence-corrected chi connectivity index (χ2v) is 7.14. The number of hydrogen-bond acceptors (Lipinski definition) is 5. The van der Waals surface area contributed by atoms with Crippen molar-refractivity contribution in [1.82, 2.24) is 10.2 Å². The zero-order valence-corrected chi connectivity index (χ0v) is 11.2. The maximum atomic E-state index is 11.9. The van der Waals surface area contributed by atoms with Crippen molar-refractivity contribution >= 4 is 21.7 Å². The number of amides is 2. The first-order chi connectivity index (χ1) is 8.43. The van der Waals surface area contributed by atoms with E-state index in [0.717, 1.165) is 6.42 Å². The van der Waals surface area contributed by atoms with E-state index in [9.17, 15) is 18.0 Å². The Morgan fingerprint density at radius 1 is 1.39 bits per heavy atom. The summed E-state index contributed by atoms with van der Waals surface area (Å²) in [4.78, 5) is 24.8. The summed E-state index contributed by atoms with van der Waals surface area (Å²) in [5.41, 5.74) is 0. The van der Waals surface area contributed by atoms with Gasteiger partial charge in [0.25, 0.3) is 0 Å². The minimum Gasteiger partial charge on any atom is -0.302 e. The maximum Gasteiger partial charge on any atom is 0.246 e. The molecule has 0 saturated carbocycles. The fourth-order valence-electron chi connectivity index (χ4n) is 2.48. The summed E-state index contributed by atoms with van der Waals surface area (Å²) in [6, 6.07) is -0.735. The van der Waals surface area contributed by atoms with E-state index in [-0.39, 0.29) is 35.8 Å². The summed E-state index contributed by atoms with van der Waals surface area (Å²) in [6.45, 7) is 2.35. The van der Waals surface area contributed by atoms with Gasteiger partial charge in [0.2, 0.25) is 11.8 Å². The Morgan fingerprint density at radius 3 is 2.67 bits per heavy atom. The van der Waals surface area contributed by atoms with Crippen LogP contribution in [0.5, 0.6) is 0 Å². The Labute approximate surface area is 107 Å². The third-order valence-corrected chi connectivity index (χ3v) is 5.13. The fourth-order valence-corrected chi connectivity index (χ4v) is 4.17. The summed E-state index contributed by atoms with van der Waals surface area (Å²) >= 11 is 0. The van der Waals surface area contributed by atoms with Crippen LogP contribution in [-0.2, 0) is 19.4 Å². The number of nitrogens with zero attached hydrogens (tertiary/aromatic N) is 1. The number of nitrogens with one attached hydrogen (secondary N) is 1. The molecule has 2 fully saturated rings. The number of sulfone groups is 1. The predicted molar refractivity (Wildman–Crippen MR) is 65.6 cm³/mol. The number of rotatable bonds is 4. The average molecular weight is 274 g/mol. The Balaban J connectivity index is 1.96. The van der Waals surface area contributed by atoms with Crippen LogP contribution in [0.15, 0.2) is 0 Å². The quantitative estimate of drug-likeness (QED) is 0.685. The Hall–Kier alpha value is -0.950. The van der Waals surface area contributed by atoms with Gasteiger partial charge >= 0.3 is 0 Å². The van der Waals surface area contributed by atoms with Gasteiger partial charge in [-0.25, -0.2) is 8.42 Å². The normalized spacial score (nSPS) is 31.3. The molecule has 0 aromatic heterocycles. The molecule has 0 bridgehead atoms. The highest BCUT2D eigenvalue weighted by molar-refractivity contribution is 7.91. The summed E-state index contributed by atoms with van der Waals surface area (Å²) in [5.74, 6) is -0.150. The van der Waals surface area contributed by atoms with E-state index < -0.39 is 15.9 Å². The highest BCUT2D eigenvalue weighted by atomic mass is 32.2. The van der Waals surface area contributed by atoms with E-state index in [2.05, 4.69) is 5.32 Å². The lowest BCUT2D eigenvalue weighted by molar-refractivity contribution is -0.138. The molecular formula is C11H18N2O4S. The predicted octanol–water partition coefficient (Wildman–Crippen LogP) is -0.699. The minimum atomic E-state index is -2.96. The lowest BCUT2D eigenvalue weighted by Gasteiger charge is -2.17. The molecule has 18 heavy (non-hydrogen) atoms. The van der Waals surface area contributed by atoms with Gasteiger partial charge in [0, 0.05) is 12.6 Å². The van der Waals surface area contributed by atoms with E-state index in [0.29, 0.717) is 13.0 Å². The molecule has 2 aliphatic heterocycles. The third-order valence-electron chi connectivity index (χ3n) is 3.36. The second kappa shape index (κ2) is 4.97. The molecule has 2 atom stereocenters. The van der Waals surface area contributed by atoms with Crippen LogP contribution in [0.25, 0.3) is 0 Å². The monoisotopic (exact) mass is 274 g/mol. The first-order valence-corrected chi connectivity index (χ1v) is 8.06. The number of hydrogen-bond donors (Lipinski definition) is 1. The second-order valence-electron chi connectivity index (χ2n) is 4.91. The molecule has 0 aliphatic carbocycles. The molecule has 6 nitrogen and oxygen atoms in total. The molecule has 7 heteroatoms. The van der Waals surface area contributed by atoms with Crippen LogP contribution in [-0.4, -0.2) is 55.3 Å². The van der Waals surface area contributed by atoms with Crippen molar-refractivity contribution in [2.75, 3.05) is 18.1 Å². The summed E-state index contributed by atoms with van der Waals surface area (Å²) in [7, 11) is -2.96. The topological polar surface area (TPSA) is 83.6 Å². The van der Waals surface area contributed by atoms with Gasteiger partial charge in [0.1, 0.15) is 0 Å². The number of carbonyl (C=O) groups excluding carboxylic acids is 2. The lowest BCUT2D eigenvalue weighted by atomic mass is 10.2. The van der Waals surface area contributed by atoms with Gasteiger partial charge in [-0.15, -0.1) is 0 Å². The maximum absolute atomic E-state index is 11.9. The number of likely N-dealkylation sites (tertiary alicyclic amines) is 1. The molecule has 2 amide bonds. The van der Waals surface area contributed by atoms with Crippen LogP contribution in [0.4, 0.5) is 0 Å². The van der Waals surface area contributed by atoms with Gasteiger partial charge < -0.3 is 5.32 Å². The van der Waals surface area contributed by atoms with Crippen LogP contribution in [0.2, 0.25) is 0 Å². The molecule has 0 spiro atoms. The van der Waals surface area contributed by atoms with Gasteiger partial charge in [-0.05, 0) is 12.8 Å². The molecule has 0 aromatic carbocycles. The van der Waals surface area contributed by atoms with Gasteiger partial charge in [0.15, 0.2) is 9.84 Å². The summed E-state index contributed by atoms with van der Waals surface area (Å²) in [5, 5.41) is 3.01. The fraction of sp³-hybridized carbons (Fsp3) is 0.818. The third kappa shape index (κ3) is 2.72. The molecule has 2 heterocycles. The van der Waals surface area contributed by atoms with Crippen molar-refractivity contribution < 1.29 is 18.0 Å². The van der Waals surface area contributed by atoms with E-state index in [1.165, 1.54) is 4.90 Å². The van der Waals surface area contributed by atoms with Crippen LogP contribution < -0.4 is 5.32 Å². The van der Waals surface area contributed by atoms with Crippen LogP contribution >= 0.6 is 0 Å². The van der Waals surface area contributed by atoms with E-state index >= 15 is 0 Å². The zero-order valence-electron chi connectivity index (χ0n) is 10.4. The van der Waals surface area contributed by atoms with Gasteiger partial charge in [0.05, 0.1) is 24.0 Å². The zero-order chi connectivity index (χ0) is 13.3. The Kier molecular flexibility index (Phi) is 3.72. The van der Waals surface area contributed by atoms with Crippen LogP contribution in [0.3, 0.4) is 0 Å². The molecule has 1 N–H and O–H groups in total. The first kappa shape index (κ1) is 13.5. The highest BCUT2D eigenvalue weighted by Gasteiger charge is 2.40. The first-order valence-electron chi connectivity index (χ1n) is 6.23. The molecule has 2 aliphatic rings. The van der Waals surface area contributed by atoms with Crippen molar-refractivity contribution in [2.45, 2.75) is 38.3 Å². The standard InChI is InChI=1S/C11H18N2O4S/c1-2-4-13-10(14)6-9(11(13)15)12-8-3-5-18(16,17)7-8/h8-9,12H,2-7H2,1H3. The van der Waals surface area contributed by atoms with Crippen LogP contribution in [0.1, 0.15) is 26.2 Å². The Bertz CT molecular complexity index is 460. The average Bonchev–Trinajstić information content (AvgIpc) is 2.74. The van der Waals surface area contributed by atoms with Crippen LogP contribution in [0, 0.1) is 0 Å². The van der Waals surface area contributed by atoms with Gasteiger partial charge in [-0.1, -0.05) is 6.92 Å². The molecule has 102 valence electrons. The van der Waals surface area contributed by atoms with E-state index in [1.807, 2.05) is 6.92 Å². The van der Waals surface area contributed by atoms with Gasteiger partial charge in [-0.2, -0.15) is 0 Å². The van der Waals surface area contributed by atoms with Crippen molar-refractivity contribution in [1.29, 1.82) is 0 Å². The van der Waals surface area contributed by atoms with Crippen molar-refractivity contribution in [2.24, 2.45) is 0 Å². The molecular weight excluding hydrogens is 256 g/mol. The molecule has 0 aromatic rings. The van der Waals surface area contributed by atoms with Crippen molar-refractivity contribution in [3.63, 3.8) is 0 Å².